The summed E-state index contributed by atoms with van der Waals surface area (Å²) in [7, 11) is 3.52. The first kappa shape index (κ1) is 24.9. The molecule has 1 aromatic carbocycles. The van der Waals surface area contributed by atoms with Crippen molar-refractivity contribution in [3.05, 3.63) is 35.9 Å². The lowest BCUT2D eigenvalue weighted by molar-refractivity contribution is -0.127. The van der Waals surface area contributed by atoms with Gasteiger partial charge in [-0.25, -0.2) is 4.99 Å². The number of benzene rings is 1. The van der Waals surface area contributed by atoms with Gasteiger partial charge in [-0.1, -0.05) is 30.3 Å². The molecular weight excluding hydrogens is 493 g/mol. The van der Waals surface area contributed by atoms with Gasteiger partial charge in [0.1, 0.15) is 6.54 Å². The van der Waals surface area contributed by atoms with Crippen LogP contribution in [0.3, 0.4) is 0 Å². The summed E-state index contributed by atoms with van der Waals surface area (Å²) in [5.74, 6) is 0.734. The maximum Gasteiger partial charge on any atom is 0.243 e. The summed E-state index contributed by atoms with van der Waals surface area (Å²) in [6, 6.07) is 10.7. The van der Waals surface area contributed by atoms with Gasteiger partial charge in [-0.15, -0.1) is 24.0 Å². The van der Waals surface area contributed by atoms with Crippen LogP contribution in [0, 0.1) is 5.41 Å². The quantitative estimate of drug-likeness (QED) is 0.289. The minimum absolute atomic E-state index is 0. The summed E-state index contributed by atoms with van der Waals surface area (Å²) in [6.07, 6.45) is 3.54. The van der Waals surface area contributed by atoms with Crippen molar-refractivity contribution in [2.45, 2.75) is 19.3 Å². The van der Waals surface area contributed by atoms with Crippen LogP contribution in [0.25, 0.3) is 0 Å². The lowest BCUT2D eigenvalue weighted by Crippen LogP contribution is -2.46. The van der Waals surface area contributed by atoms with Crippen LogP contribution in [0.4, 0.5) is 0 Å². The zero-order valence-electron chi connectivity index (χ0n) is 18.2. The van der Waals surface area contributed by atoms with Crippen LogP contribution in [0.1, 0.15) is 18.4 Å². The molecule has 1 amide bonds. The summed E-state index contributed by atoms with van der Waals surface area (Å²) in [4.78, 5) is 20.5. The lowest BCUT2D eigenvalue weighted by atomic mass is 9.96. The van der Waals surface area contributed by atoms with Crippen molar-refractivity contribution < 1.29 is 9.53 Å². The Morgan fingerprint density at radius 2 is 1.87 bits per heavy atom. The van der Waals surface area contributed by atoms with E-state index in [-0.39, 0.29) is 36.4 Å². The number of hydrogen-bond acceptors (Lipinski definition) is 4. The third kappa shape index (κ3) is 8.39. The monoisotopic (exact) mass is 529 g/mol. The Morgan fingerprint density at radius 3 is 2.50 bits per heavy atom. The Kier molecular flexibility index (Phi) is 10.3. The Bertz CT molecular complexity index is 673. The molecular formula is C22H36IN5O2. The fourth-order valence-electron chi connectivity index (χ4n) is 3.51. The normalized spacial score (nSPS) is 18.3. The number of aliphatic imine (C=N–C) groups is 1. The highest BCUT2D eigenvalue weighted by Gasteiger charge is 2.42. The minimum atomic E-state index is 0. The molecule has 2 fully saturated rings. The Balaban J connectivity index is 0.00000320. The van der Waals surface area contributed by atoms with Crippen LogP contribution < -0.4 is 10.6 Å². The van der Waals surface area contributed by atoms with Crippen LogP contribution in [-0.4, -0.2) is 88.2 Å². The first-order valence-electron chi connectivity index (χ1n) is 10.6. The van der Waals surface area contributed by atoms with Crippen molar-refractivity contribution in [3.63, 3.8) is 0 Å². The maximum absolute atomic E-state index is 12.0. The largest absolute Gasteiger partial charge is 0.379 e. The van der Waals surface area contributed by atoms with Gasteiger partial charge in [0, 0.05) is 46.8 Å². The number of halogens is 1. The summed E-state index contributed by atoms with van der Waals surface area (Å²) in [5.41, 5.74) is 1.69. The predicted octanol–water partition coefficient (Wildman–Crippen LogP) is 1.58. The number of amides is 1. The first-order valence-corrected chi connectivity index (χ1v) is 10.6. The molecule has 1 saturated carbocycles. The van der Waals surface area contributed by atoms with Gasteiger partial charge in [0.05, 0.1) is 13.2 Å². The summed E-state index contributed by atoms with van der Waals surface area (Å²) >= 11 is 0. The Labute approximate surface area is 197 Å². The van der Waals surface area contributed by atoms with Gasteiger partial charge in [0.15, 0.2) is 5.96 Å². The molecule has 0 radical (unpaired) electrons. The van der Waals surface area contributed by atoms with Crippen molar-refractivity contribution in [3.8, 4) is 0 Å². The second-order valence-electron chi connectivity index (χ2n) is 8.35. The summed E-state index contributed by atoms with van der Waals surface area (Å²) in [5, 5.41) is 6.91. The van der Waals surface area contributed by atoms with E-state index in [1.54, 1.807) is 19.0 Å². The van der Waals surface area contributed by atoms with E-state index in [4.69, 9.17) is 4.74 Å². The molecule has 0 spiro atoms. The van der Waals surface area contributed by atoms with E-state index >= 15 is 0 Å². The fraction of sp³-hybridized carbons (Fsp3) is 0.636. The van der Waals surface area contributed by atoms with Gasteiger partial charge in [0.2, 0.25) is 5.91 Å². The van der Waals surface area contributed by atoms with Crippen molar-refractivity contribution in [1.29, 1.82) is 0 Å². The third-order valence-electron chi connectivity index (χ3n) is 5.71. The highest BCUT2D eigenvalue weighted by atomic mass is 127. The fourth-order valence-corrected chi connectivity index (χ4v) is 3.51. The van der Waals surface area contributed by atoms with Crippen LogP contribution in [-0.2, 0) is 16.0 Å². The van der Waals surface area contributed by atoms with Gasteiger partial charge in [-0.3, -0.25) is 9.69 Å². The van der Waals surface area contributed by atoms with E-state index < -0.39 is 0 Å². The second-order valence-corrected chi connectivity index (χ2v) is 8.35. The topological polar surface area (TPSA) is 69.2 Å². The van der Waals surface area contributed by atoms with E-state index in [1.807, 2.05) is 0 Å². The number of rotatable bonds is 9. The number of morpholine rings is 1. The number of hydrogen-bond donors (Lipinski definition) is 2. The van der Waals surface area contributed by atoms with E-state index in [0.29, 0.717) is 5.41 Å². The van der Waals surface area contributed by atoms with Crippen molar-refractivity contribution in [2.24, 2.45) is 10.4 Å². The molecule has 1 saturated heterocycles. The number of carbonyl (C=O) groups excluding carboxylic acids is 1. The number of likely N-dealkylation sites (N-methyl/N-ethyl adjacent to an activating group) is 1. The van der Waals surface area contributed by atoms with E-state index in [0.717, 1.165) is 58.3 Å². The molecule has 1 heterocycles. The van der Waals surface area contributed by atoms with Crippen molar-refractivity contribution >= 4 is 35.8 Å². The van der Waals surface area contributed by atoms with Crippen molar-refractivity contribution in [1.82, 2.24) is 20.4 Å². The molecule has 1 aromatic rings. The first-order chi connectivity index (χ1) is 14.1. The van der Waals surface area contributed by atoms with E-state index in [9.17, 15) is 4.79 Å². The SMILES string of the molecule is CN(C)C(=O)CN=C(NCCN1CCOCC1)NCC1(Cc2ccccc2)CC1.I. The van der Waals surface area contributed by atoms with Gasteiger partial charge in [0.25, 0.3) is 0 Å². The smallest absolute Gasteiger partial charge is 0.243 e. The molecule has 0 atom stereocenters. The molecule has 1 aliphatic heterocycles. The Hall–Kier alpha value is -1.39. The molecule has 2 N–H and O–H groups in total. The molecule has 0 aromatic heterocycles. The Morgan fingerprint density at radius 1 is 1.17 bits per heavy atom. The van der Waals surface area contributed by atoms with Crippen LogP contribution >= 0.6 is 24.0 Å². The predicted molar refractivity (Wildman–Crippen MR) is 131 cm³/mol. The van der Waals surface area contributed by atoms with Crippen LogP contribution in [0.2, 0.25) is 0 Å². The average Bonchev–Trinajstić information content (AvgIpc) is 3.50. The van der Waals surface area contributed by atoms with Crippen molar-refractivity contribution in [2.75, 3.05) is 66.6 Å². The molecule has 0 unspecified atom stereocenters. The van der Waals surface area contributed by atoms with Gasteiger partial charge < -0.3 is 20.3 Å². The number of nitrogens with one attached hydrogen (secondary N) is 2. The average molecular weight is 529 g/mol. The molecule has 1 aliphatic carbocycles. The third-order valence-corrected chi connectivity index (χ3v) is 5.71. The summed E-state index contributed by atoms with van der Waals surface area (Å²) in [6.45, 7) is 6.33. The zero-order valence-corrected chi connectivity index (χ0v) is 20.6. The van der Waals surface area contributed by atoms with Gasteiger partial charge in [-0.2, -0.15) is 0 Å². The number of carbonyl (C=O) groups is 1. The molecule has 30 heavy (non-hydrogen) atoms. The van der Waals surface area contributed by atoms with E-state index in [2.05, 4.69) is 50.9 Å². The lowest BCUT2D eigenvalue weighted by Gasteiger charge is -2.27. The standard InChI is InChI=1S/C22H35N5O2.HI/c1-26(2)20(28)17-24-21(23-10-11-27-12-14-29-15-13-27)25-18-22(8-9-22)16-19-6-4-3-5-7-19;/h3-7H,8-18H2,1-2H3,(H2,23,24,25);1H. The van der Waals surface area contributed by atoms with Crippen LogP contribution in [0.5, 0.6) is 0 Å². The molecule has 0 bridgehead atoms. The highest BCUT2D eigenvalue weighted by molar-refractivity contribution is 14.0. The zero-order chi connectivity index (χ0) is 20.5. The second kappa shape index (κ2) is 12.5. The highest BCUT2D eigenvalue weighted by Crippen LogP contribution is 2.47. The molecule has 7 nitrogen and oxygen atoms in total. The van der Waals surface area contributed by atoms with Crippen LogP contribution in [0.15, 0.2) is 35.3 Å². The summed E-state index contributed by atoms with van der Waals surface area (Å²) < 4.78 is 5.41. The number of ether oxygens (including phenoxy) is 1. The molecule has 3 rings (SSSR count). The van der Waals surface area contributed by atoms with Gasteiger partial charge in [-0.05, 0) is 30.2 Å². The molecule has 2 aliphatic rings. The molecule has 168 valence electrons. The van der Waals surface area contributed by atoms with Gasteiger partial charge >= 0.3 is 0 Å². The minimum Gasteiger partial charge on any atom is -0.379 e. The van der Waals surface area contributed by atoms with E-state index in [1.165, 1.54) is 18.4 Å². The molecule has 8 heteroatoms. The number of nitrogens with zero attached hydrogens (tertiary/aromatic N) is 3. The number of guanidine groups is 1. The maximum atomic E-state index is 12.0.